The molecular weight excluding hydrogens is 252 g/mol. The molecule has 0 amide bonds. The van der Waals surface area contributed by atoms with E-state index >= 15 is 0 Å². The van der Waals surface area contributed by atoms with Crippen molar-refractivity contribution in [3.05, 3.63) is 42.6 Å². The zero-order chi connectivity index (χ0) is 14.1. The molecule has 102 valence electrons. The van der Waals surface area contributed by atoms with Crippen LogP contribution in [-0.4, -0.2) is 24.0 Å². The van der Waals surface area contributed by atoms with E-state index in [1.807, 2.05) is 36.1 Å². The van der Waals surface area contributed by atoms with Crippen molar-refractivity contribution in [3.8, 4) is 22.6 Å². The second-order valence-electron chi connectivity index (χ2n) is 4.58. The minimum atomic E-state index is 0.799. The fourth-order valence-corrected chi connectivity index (χ4v) is 2.45. The summed E-state index contributed by atoms with van der Waals surface area (Å²) in [5.74, 6) is 1.60. The Morgan fingerprint density at radius 1 is 1.00 bits per heavy atom. The van der Waals surface area contributed by atoms with E-state index in [0.29, 0.717) is 0 Å². The van der Waals surface area contributed by atoms with Crippen LogP contribution in [0.5, 0.6) is 11.5 Å². The number of hydrogen-bond acceptors (Lipinski definition) is 3. The lowest BCUT2D eigenvalue weighted by atomic mass is 10.0. The van der Waals surface area contributed by atoms with Gasteiger partial charge >= 0.3 is 0 Å². The average Bonchev–Trinajstić information content (AvgIpc) is 2.87. The maximum atomic E-state index is 5.46. The molecule has 0 saturated carbocycles. The monoisotopic (exact) mass is 268 g/mol. The Balaban J connectivity index is 2.24. The van der Waals surface area contributed by atoms with E-state index in [1.165, 1.54) is 0 Å². The number of aryl methyl sites for hydroxylation is 1. The van der Waals surface area contributed by atoms with E-state index < -0.39 is 0 Å². The van der Waals surface area contributed by atoms with E-state index in [-0.39, 0.29) is 0 Å². The van der Waals surface area contributed by atoms with Crippen LogP contribution in [0.2, 0.25) is 0 Å². The third kappa shape index (κ3) is 1.90. The molecule has 0 aliphatic heterocycles. The summed E-state index contributed by atoms with van der Waals surface area (Å²) >= 11 is 0. The quantitative estimate of drug-likeness (QED) is 0.731. The molecule has 0 atom stereocenters. The van der Waals surface area contributed by atoms with Crippen LogP contribution < -0.4 is 9.47 Å². The first kappa shape index (κ1) is 12.5. The van der Waals surface area contributed by atoms with E-state index in [1.54, 1.807) is 14.2 Å². The maximum Gasteiger partial charge on any atom is 0.130 e. The molecule has 4 nitrogen and oxygen atoms in total. The summed E-state index contributed by atoms with van der Waals surface area (Å²) in [5, 5.41) is 5.37. The van der Waals surface area contributed by atoms with Crippen LogP contribution in [0.15, 0.2) is 42.6 Å². The van der Waals surface area contributed by atoms with Crippen LogP contribution in [0, 0.1) is 0 Å². The van der Waals surface area contributed by atoms with Gasteiger partial charge in [-0.25, -0.2) is 0 Å². The summed E-state index contributed by atoms with van der Waals surface area (Å²) < 4.78 is 12.8. The second kappa shape index (κ2) is 4.89. The molecule has 0 fully saturated rings. The molecule has 20 heavy (non-hydrogen) atoms. The summed E-state index contributed by atoms with van der Waals surface area (Å²) in [7, 11) is 5.27. The molecule has 1 aromatic heterocycles. The van der Waals surface area contributed by atoms with Gasteiger partial charge in [0.15, 0.2) is 0 Å². The summed E-state index contributed by atoms with van der Waals surface area (Å²) in [6, 6.07) is 12.0. The van der Waals surface area contributed by atoms with Crippen molar-refractivity contribution in [1.29, 1.82) is 0 Å². The van der Waals surface area contributed by atoms with Gasteiger partial charge in [-0.15, -0.1) is 0 Å². The van der Waals surface area contributed by atoms with Crippen molar-refractivity contribution >= 4 is 10.9 Å². The normalized spacial score (nSPS) is 10.8. The predicted octanol–water partition coefficient (Wildman–Crippen LogP) is 3.26. The minimum absolute atomic E-state index is 0.799. The SMILES string of the molecule is COc1cccc(OC)c1-c1ccc2c(cnn2C)c1. The lowest BCUT2D eigenvalue weighted by Crippen LogP contribution is -1.93. The van der Waals surface area contributed by atoms with Gasteiger partial charge in [-0.3, -0.25) is 4.68 Å². The topological polar surface area (TPSA) is 36.3 Å². The summed E-state index contributed by atoms with van der Waals surface area (Å²) in [5.41, 5.74) is 3.12. The highest BCUT2D eigenvalue weighted by Gasteiger charge is 2.13. The molecule has 3 rings (SSSR count). The number of methoxy groups -OCH3 is 2. The number of aromatic nitrogens is 2. The third-order valence-corrected chi connectivity index (χ3v) is 3.46. The van der Waals surface area contributed by atoms with Gasteiger partial charge < -0.3 is 9.47 Å². The first-order chi connectivity index (χ1) is 9.74. The van der Waals surface area contributed by atoms with Crippen LogP contribution in [0.3, 0.4) is 0 Å². The Labute approximate surface area is 117 Å². The molecule has 0 radical (unpaired) electrons. The third-order valence-electron chi connectivity index (χ3n) is 3.46. The van der Waals surface area contributed by atoms with Crippen LogP contribution in [-0.2, 0) is 7.05 Å². The Morgan fingerprint density at radius 3 is 2.35 bits per heavy atom. The lowest BCUT2D eigenvalue weighted by molar-refractivity contribution is 0.397. The molecule has 0 N–H and O–H groups in total. The van der Waals surface area contributed by atoms with Gasteiger partial charge in [-0.05, 0) is 29.8 Å². The predicted molar refractivity (Wildman–Crippen MR) is 79.3 cm³/mol. The van der Waals surface area contributed by atoms with Gasteiger partial charge in [0.2, 0.25) is 0 Å². The Hall–Kier alpha value is -2.49. The summed E-state index contributed by atoms with van der Waals surface area (Å²) in [6.45, 7) is 0. The van der Waals surface area contributed by atoms with Crippen molar-refractivity contribution < 1.29 is 9.47 Å². The molecule has 1 heterocycles. The van der Waals surface area contributed by atoms with E-state index in [0.717, 1.165) is 33.5 Å². The molecule has 0 bridgehead atoms. The van der Waals surface area contributed by atoms with Crippen LogP contribution in [0.1, 0.15) is 0 Å². The molecule has 0 aliphatic carbocycles. The zero-order valence-corrected chi connectivity index (χ0v) is 11.8. The lowest BCUT2D eigenvalue weighted by Gasteiger charge is -2.13. The highest BCUT2D eigenvalue weighted by molar-refractivity contribution is 5.87. The highest BCUT2D eigenvalue weighted by Crippen LogP contribution is 2.39. The van der Waals surface area contributed by atoms with Crippen LogP contribution >= 0.6 is 0 Å². The van der Waals surface area contributed by atoms with Crippen molar-refractivity contribution in [1.82, 2.24) is 9.78 Å². The second-order valence-corrected chi connectivity index (χ2v) is 4.58. The van der Waals surface area contributed by atoms with Crippen molar-refractivity contribution in [2.45, 2.75) is 0 Å². The molecule has 0 aliphatic rings. The molecule has 2 aromatic carbocycles. The van der Waals surface area contributed by atoms with E-state index in [2.05, 4.69) is 23.3 Å². The van der Waals surface area contributed by atoms with Gasteiger partial charge in [-0.2, -0.15) is 5.10 Å². The number of hydrogen-bond donors (Lipinski definition) is 0. The first-order valence-corrected chi connectivity index (χ1v) is 6.37. The first-order valence-electron chi connectivity index (χ1n) is 6.37. The fourth-order valence-electron chi connectivity index (χ4n) is 2.45. The molecule has 0 unspecified atom stereocenters. The Morgan fingerprint density at radius 2 is 1.70 bits per heavy atom. The van der Waals surface area contributed by atoms with Gasteiger partial charge in [0.05, 0.1) is 31.5 Å². The maximum absolute atomic E-state index is 5.46. The van der Waals surface area contributed by atoms with Crippen molar-refractivity contribution in [2.75, 3.05) is 14.2 Å². The molecule has 4 heteroatoms. The van der Waals surface area contributed by atoms with Gasteiger partial charge in [0, 0.05) is 12.4 Å². The number of benzene rings is 2. The van der Waals surface area contributed by atoms with Crippen molar-refractivity contribution in [2.24, 2.45) is 7.05 Å². The molecule has 3 aromatic rings. The largest absolute Gasteiger partial charge is 0.496 e. The Bertz CT molecular complexity index is 740. The standard InChI is InChI=1S/C16H16N2O2/c1-18-13-8-7-11(9-12(13)10-17-18)16-14(19-2)5-4-6-15(16)20-3/h4-10H,1-3H3. The van der Waals surface area contributed by atoms with Crippen LogP contribution in [0.4, 0.5) is 0 Å². The van der Waals surface area contributed by atoms with E-state index in [9.17, 15) is 0 Å². The molecular formula is C16H16N2O2. The summed E-state index contributed by atoms with van der Waals surface area (Å²) in [4.78, 5) is 0. The Kier molecular flexibility index (Phi) is 3.06. The van der Waals surface area contributed by atoms with Crippen LogP contribution in [0.25, 0.3) is 22.0 Å². The number of rotatable bonds is 3. The zero-order valence-electron chi connectivity index (χ0n) is 11.8. The minimum Gasteiger partial charge on any atom is -0.496 e. The highest BCUT2D eigenvalue weighted by atomic mass is 16.5. The molecule has 0 saturated heterocycles. The van der Waals surface area contributed by atoms with Gasteiger partial charge in [0.1, 0.15) is 11.5 Å². The van der Waals surface area contributed by atoms with Gasteiger partial charge in [0.25, 0.3) is 0 Å². The summed E-state index contributed by atoms with van der Waals surface area (Å²) in [6.07, 6.45) is 1.86. The number of ether oxygens (including phenoxy) is 2. The fraction of sp³-hybridized carbons (Fsp3) is 0.188. The van der Waals surface area contributed by atoms with Gasteiger partial charge in [-0.1, -0.05) is 12.1 Å². The number of nitrogens with zero attached hydrogens (tertiary/aromatic N) is 2. The number of fused-ring (bicyclic) bond motifs is 1. The van der Waals surface area contributed by atoms with E-state index in [4.69, 9.17) is 9.47 Å². The molecule has 0 spiro atoms. The smallest absolute Gasteiger partial charge is 0.130 e. The average molecular weight is 268 g/mol. The van der Waals surface area contributed by atoms with Crippen molar-refractivity contribution in [3.63, 3.8) is 0 Å².